The number of hydrogen-bond acceptors (Lipinski definition) is 4. The summed E-state index contributed by atoms with van der Waals surface area (Å²) in [6.45, 7) is 4.94. The van der Waals surface area contributed by atoms with Crippen LogP contribution < -0.4 is 10.2 Å². The van der Waals surface area contributed by atoms with Gasteiger partial charge in [0.05, 0.1) is 5.69 Å². The summed E-state index contributed by atoms with van der Waals surface area (Å²) in [4.78, 5) is 11.2. The van der Waals surface area contributed by atoms with E-state index in [1.165, 1.54) is 0 Å². The van der Waals surface area contributed by atoms with E-state index < -0.39 is 0 Å². The van der Waals surface area contributed by atoms with Gasteiger partial charge in [0, 0.05) is 38.4 Å². The minimum absolute atomic E-state index is 0.829. The molecule has 21 heavy (non-hydrogen) atoms. The molecule has 0 radical (unpaired) electrons. The molecule has 0 aliphatic heterocycles. The lowest BCUT2D eigenvalue weighted by Crippen LogP contribution is -2.22. The molecule has 0 unspecified atom stereocenters. The third kappa shape index (κ3) is 5.16. The fourth-order valence-electron chi connectivity index (χ4n) is 2.11. The first-order chi connectivity index (χ1) is 10.3. The van der Waals surface area contributed by atoms with E-state index in [0.717, 1.165) is 49.7 Å². The van der Waals surface area contributed by atoms with Gasteiger partial charge in [0.25, 0.3) is 0 Å². The highest BCUT2D eigenvalue weighted by molar-refractivity contribution is 5.38. The maximum atomic E-state index is 4.70. The Labute approximate surface area is 127 Å². The van der Waals surface area contributed by atoms with Gasteiger partial charge in [-0.1, -0.05) is 19.1 Å². The van der Waals surface area contributed by atoms with Crippen LogP contribution in [0.2, 0.25) is 0 Å². The van der Waals surface area contributed by atoms with Crippen molar-refractivity contribution in [3.8, 4) is 0 Å². The van der Waals surface area contributed by atoms with Crippen molar-refractivity contribution in [2.24, 2.45) is 0 Å². The van der Waals surface area contributed by atoms with Gasteiger partial charge in [-0.2, -0.15) is 0 Å². The highest BCUT2D eigenvalue weighted by Crippen LogP contribution is 2.10. The molecule has 0 amide bonds. The maximum absolute atomic E-state index is 4.70. The molecular weight excluding hydrogens is 260 g/mol. The molecule has 0 saturated carbocycles. The van der Waals surface area contributed by atoms with Crippen LogP contribution in [0, 0.1) is 0 Å². The van der Waals surface area contributed by atoms with E-state index in [1.54, 1.807) is 0 Å². The average Bonchev–Trinajstić information content (AvgIpc) is 2.54. The largest absolute Gasteiger partial charge is 0.359 e. The standard InChI is InChI=1S/C17H24N4/c1-3-11-18-14-16-8-6-9-17(20-16)21(2)13-10-15-7-4-5-12-19-15/h4-9,12,18H,3,10-11,13-14H2,1-2H3. The summed E-state index contributed by atoms with van der Waals surface area (Å²) in [6, 6.07) is 12.2. The minimum atomic E-state index is 0.829. The van der Waals surface area contributed by atoms with Gasteiger partial charge in [-0.3, -0.25) is 4.98 Å². The van der Waals surface area contributed by atoms with Crippen LogP contribution in [-0.2, 0) is 13.0 Å². The second kappa shape index (κ2) is 8.37. The summed E-state index contributed by atoms with van der Waals surface area (Å²) in [5, 5.41) is 3.38. The predicted octanol–water partition coefficient (Wildman–Crippen LogP) is 2.66. The molecular formula is C17H24N4. The Hall–Kier alpha value is -1.94. The van der Waals surface area contributed by atoms with Crippen molar-refractivity contribution in [3.63, 3.8) is 0 Å². The Morgan fingerprint density at radius 2 is 1.95 bits per heavy atom. The Bertz CT molecular complexity index is 527. The molecule has 4 heteroatoms. The minimum Gasteiger partial charge on any atom is -0.359 e. The first-order valence-electron chi connectivity index (χ1n) is 7.57. The molecule has 2 aromatic heterocycles. The molecule has 0 saturated heterocycles. The fourth-order valence-corrected chi connectivity index (χ4v) is 2.11. The van der Waals surface area contributed by atoms with Crippen LogP contribution in [0.1, 0.15) is 24.7 Å². The topological polar surface area (TPSA) is 41.0 Å². The van der Waals surface area contributed by atoms with Crippen LogP contribution in [0.25, 0.3) is 0 Å². The molecule has 2 rings (SSSR count). The highest BCUT2D eigenvalue weighted by atomic mass is 15.2. The molecule has 0 atom stereocenters. The van der Waals surface area contributed by atoms with Crippen LogP contribution in [0.4, 0.5) is 5.82 Å². The van der Waals surface area contributed by atoms with Crippen molar-refractivity contribution in [2.45, 2.75) is 26.3 Å². The van der Waals surface area contributed by atoms with Gasteiger partial charge in [-0.15, -0.1) is 0 Å². The van der Waals surface area contributed by atoms with Crippen LogP contribution in [0.5, 0.6) is 0 Å². The monoisotopic (exact) mass is 284 g/mol. The van der Waals surface area contributed by atoms with Gasteiger partial charge in [0.2, 0.25) is 0 Å². The Balaban J connectivity index is 1.89. The number of nitrogens with zero attached hydrogens (tertiary/aromatic N) is 3. The van der Waals surface area contributed by atoms with Gasteiger partial charge in [-0.05, 0) is 37.2 Å². The van der Waals surface area contributed by atoms with E-state index in [2.05, 4.69) is 53.4 Å². The lowest BCUT2D eigenvalue weighted by atomic mass is 10.2. The summed E-state index contributed by atoms with van der Waals surface area (Å²) < 4.78 is 0. The zero-order valence-corrected chi connectivity index (χ0v) is 12.9. The second-order valence-electron chi connectivity index (χ2n) is 5.16. The number of nitrogens with one attached hydrogen (secondary N) is 1. The molecule has 0 fully saturated rings. The van der Waals surface area contributed by atoms with E-state index >= 15 is 0 Å². The summed E-state index contributed by atoms with van der Waals surface area (Å²) in [6.07, 6.45) is 3.91. The van der Waals surface area contributed by atoms with E-state index in [0.29, 0.717) is 0 Å². The van der Waals surface area contributed by atoms with Gasteiger partial charge in [0.1, 0.15) is 5.82 Å². The van der Waals surface area contributed by atoms with E-state index in [9.17, 15) is 0 Å². The summed E-state index contributed by atoms with van der Waals surface area (Å²) in [5.41, 5.74) is 2.20. The van der Waals surface area contributed by atoms with Crippen LogP contribution in [0.3, 0.4) is 0 Å². The molecule has 2 aromatic rings. The van der Waals surface area contributed by atoms with E-state index in [1.807, 2.05) is 18.3 Å². The van der Waals surface area contributed by atoms with Crippen molar-refractivity contribution in [2.75, 3.05) is 25.0 Å². The van der Waals surface area contributed by atoms with Gasteiger partial charge in [0.15, 0.2) is 0 Å². The normalized spacial score (nSPS) is 10.6. The third-order valence-electron chi connectivity index (χ3n) is 3.35. The van der Waals surface area contributed by atoms with Crippen molar-refractivity contribution in [3.05, 3.63) is 54.0 Å². The molecule has 1 N–H and O–H groups in total. The van der Waals surface area contributed by atoms with Crippen LogP contribution >= 0.6 is 0 Å². The number of pyridine rings is 2. The van der Waals surface area contributed by atoms with Gasteiger partial charge < -0.3 is 10.2 Å². The molecule has 4 nitrogen and oxygen atoms in total. The molecule has 0 aliphatic rings. The van der Waals surface area contributed by atoms with Crippen molar-refractivity contribution in [1.82, 2.24) is 15.3 Å². The lowest BCUT2D eigenvalue weighted by molar-refractivity contribution is 0.663. The molecule has 0 spiro atoms. The number of hydrogen-bond donors (Lipinski definition) is 1. The quantitative estimate of drug-likeness (QED) is 0.757. The average molecular weight is 284 g/mol. The summed E-state index contributed by atoms with van der Waals surface area (Å²) in [5.74, 6) is 1.02. The molecule has 0 aliphatic carbocycles. The molecule has 2 heterocycles. The highest BCUT2D eigenvalue weighted by Gasteiger charge is 2.04. The second-order valence-corrected chi connectivity index (χ2v) is 5.16. The molecule has 112 valence electrons. The number of anilines is 1. The van der Waals surface area contributed by atoms with Crippen LogP contribution in [-0.4, -0.2) is 30.1 Å². The van der Waals surface area contributed by atoms with E-state index in [-0.39, 0.29) is 0 Å². The number of rotatable bonds is 8. The first kappa shape index (κ1) is 15.4. The summed E-state index contributed by atoms with van der Waals surface area (Å²) >= 11 is 0. The van der Waals surface area contributed by atoms with Crippen LogP contribution in [0.15, 0.2) is 42.6 Å². The zero-order chi connectivity index (χ0) is 14.9. The van der Waals surface area contributed by atoms with Gasteiger partial charge >= 0.3 is 0 Å². The smallest absolute Gasteiger partial charge is 0.128 e. The zero-order valence-electron chi connectivity index (χ0n) is 12.9. The Morgan fingerprint density at radius 1 is 1.10 bits per heavy atom. The Morgan fingerprint density at radius 3 is 2.71 bits per heavy atom. The lowest BCUT2D eigenvalue weighted by Gasteiger charge is -2.18. The maximum Gasteiger partial charge on any atom is 0.128 e. The molecule has 0 aromatic carbocycles. The fraction of sp³-hybridized carbons (Fsp3) is 0.412. The SMILES string of the molecule is CCCNCc1cccc(N(C)CCc2ccccn2)n1. The van der Waals surface area contributed by atoms with Crippen molar-refractivity contribution >= 4 is 5.82 Å². The predicted molar refractivity (Wildman–Crippen MR) is 87.4 cm³/mol. The Kier molecular flexibility index (Phi) is 6.16. The van der Waals surface area contributed by atoms with Gasteiger partial charge in [-0.25, -0.2) is 4.98 Å². The molecule has 0 bridgehead atoms. The summed E-state index contributed by atoms with van der Waals surface area (Å²) in [7, 11) is 2.08. The number of likely N-dealkylation sites (N-methyl/N-ethyl adjacent to an activating group) is 1. The van der Waals surface area contributed by atoms with Crippen molar-refractivity contribution in [1.29, 1.82) is 0 Å². The van der Waals surface area contributed by atoms with Crippen molar-refractivity contribution < 1.29 is 0 Å². The third-order valence-corrected chi connectivity index (χ3v) is 3.35. The number of aromatic nitrogens is 2. The first-order valence-corrected chi connectivity index (χ1v) is 7.57. The van der Waals surface area contributed by atoms with E-state index in [4.69, 9.17) is 4.98 Å².